The lowest BCUT2D eigenvalue weighted by Gasteiger charge is -2.19. The van der Waals surface area contributed by atoms with Crippen LogP contribution in [0.5, 0.6) is 0 Å². The van der Waals surface area contributed by atoms with E-state index in [1.54, 1.807) is 0 Å². The first-order valence-corrected chi connectivity index (χ1v) is 6.76. The van der Waals surface area contributed by atoms with Crippen molar-refractivity contribution in [1.82, 2.24) is 9.13 Å². The van der Waals surface area contributed by atoms with Gasteiger partial charge in [-0.3, -0.25) is 0 Å². The number of hydrogen-bond acceptors (Lipinski definition) is 3. The van der Waals surface area contributed by atoms with E-state index in [1.807, 2.05) is 83.9 Å². The Balaban J connectivity index is 0.000000261. The summed E-state index contributed by atoms with van der Waals surface area (Å²) in [6.45, 7) is 0. The zero-order chi connectivity index (χ0) is 15.1. The van der Waals surface area contributed by atoms with Gasteiger partial charge in [-0.15, -0.1) is 0 Å². The highest BCUT2D eigenvalue weighted by Gasteiger charge is 1.88. The third kappa shape index (κ3) is 12.8. The van der Waals surface area contributed by atoms with Crippen molar-refractivity contribution in [2.45, 2.75) is 0 Å². The maximum atomic E-state index is 8.66. The van der Waals surface area contributed by atoms with Crippen LogP contribution in [-0.4, -0.2) is 14.0 Å². The number of nitrogens with zero attached hydrogens (tertiary/aromatic N) is 4. The molecule has 0 atom stereocenters. The minimum Gasteiger partial charge on any atom is -0.790 e. The van der Waals surface area contributed by atoms with Crippen molar-refractivity contribution in [2.75, 3.05) is 0 Å². The summed E-state index contributed by atoms with van der Waals surface area (Å²) in [6, 6.07) is 0. The van der Waals surface area contributed by atoms with Gasteiger partial charge in [0.25, 0.3) is 0 Å². The van der Waals surface area contributed by atoms with E-state index in [0.29, 0.717) is 0 Å². The molecule has 2 aromatic heterocycles. The molecule has 1 N–H and O–H groups in total. The lowest BCUT2D eigenvalue weighted by Crippen LogP contribution is -2.23. The van der Waals surface area contributed by atoms with Crippen LogP contribution in [0.15, 0.2) is 37.4 Å². The number of hydrogen-bond donors (Lipinski definition) is 1. The van der Waals surface area contributed by atoms with Gasteiger partial charge in [0.2, 0.25) is 12.7 Å². The molecule has 2 heterocycles. The third-order valence-corrected chi connectivity index (χ3v) is 1.80. The van der Waals surface area contributed by atoms with Crippen LogP contribution in [0.4, 0.5) is 0 Å². The summed E-state index contributed by atoms with van der Waals surface area (Å²) < 4.78 is 16.7. The predicted octanol–water partition coefficient (Wildman–Crippen LogP) is -2.49. The molecule has 0 saturated heterocycles. The van der Waals surface area contributed by atoms with E-state index >= 15 is 0 Å². The lowest BCUT2D eigenvalue weighted by molar-refractivity contribution is -0.671. The molecule has 0 aromatic carbocycles. The molecular weight excluding hydrogens is 271 g/mol. The van der Waals surface area contributed by atoms with Crippen LogP contribution >= 0.6 is 7.82 Å². The van der Waals surface area contributed by atoms with Crippen LogP contribution in [-0.2, 0) is 32.8 Å². The van der Waals surface area contributed by atoms with Crippen LogP contribution in [0.3, 0.4) is 0 Å². The molecule has 0 amide bonds. The second-order valence-electron chi connectivity index (χ2n) is 3.96. The van der Waals surface area contributed by atoms with Gasteiger partial charge < -0.3 is 19.2 Å². The Morgan fingerprint density at radius 1 is 1.00 bits per heavy atom. The Labute approximate surface area is 112 Å². The van der Waals surface area contributed by atoms with E-state index < -0.39 is 7.82 Å². The predicted molar refractivity (Wildman–Crippen MR) is 63.0 cm³/mol. The Morgan fingerprint density at radius 3 is 1.32 bits per heavy atom. The van der Waals surface area contributed by atoms with Gasteiger partial charge in [-0.05, 0) is 0 Å². The summed E-state index contributed by atoms with van der Waals surface area (Å²) in [5.74, 6) is 0. The molecule has 0 aliphatic heterocycles. The first kappa shape index (κ1) is 17.5. The van der Waals surface area contributed by atoms with Crippen molar-refractivity contribution in [3.63, 3.8) is 0 Å². The highest BCUT2D eigenvalue weighted by Crippen LogP contribution is 2.11. The summed E-state index contributed by atoms with van der Waals surface area (Å²) in [5, 5.41) is 0. The van der Waals surface area contributed by atoms with Crippen LogP contribution in [0.25, 0.3) is 0 Å². The van der Waals surface area contributed by atoms with Crippen LogP contribution in [0, 0.1) is 0 Å². The van der Waals surface area contributed by atoms with E-state index in [0.717, 1.165) is 0 Å². The molecule has 19 heavy (non-hydrogen) atoms. The number of rotatable bonds is 0. The van der Waals surface area contributed by atoms with Crippen molar-refractivity contribution in [3.05, 3.63) is 37.4 Å². The molecule has 2 rings (SSSR count). The number of aromatic nitrogens is 4. The van der Waals surface area contributed by atoms with Gasteiger partial charge in [0.05, 0.1) is 36.0 Å². The molecule has 0 bridgehead atoms. The minimum absolute atomic E-state index is 2.00. The minimum atomic E-state index is -5.14. The van der Waals surface area contributed by atoms with Gasteiger partial charge in [0.1, 0.15) is 24.8 Å². The Hall–Kier alpha value is -1.47. The molecule has 108 valence electrons. The van der Waals surface area contributed by atoms with Crippen LogP contribution in [0.1, 0.15) is 0 Å². The molecule has 0 aliphatic rings. The van der Waals surface area contributed by atoms with Crippen molar-refractivity contribution < 1.29 is 28.4 Å². The first-order valence-electron chi connectivity index (χ1n) is 5.27. The molecule has 0 spiro atoms. The quantitative estimate of drug-likeness (QED) is 0.428. The largest absolute Gasteiger partial charge is 0.790 e. The van der Waals surface area contributed by atoms with Gasteiger partial charge in [0.15, 0.2) is 0 Å². The van der Waals surface area contributed by atoms with E-state index in [1.165, 1.54) is 0 Å². The van der Waals surface area contributed by atoms with E-state index in [9.17, 15) is 0 Å². The summed E-state index contributed by atoms with van der Waals surface area (Å²) in [6.07, 6.45) is 12.0. The fraction of sp³-hybridized carbons (Fsp3) is 0.400. The maximum absolute atomic E-state index is 8.66. The van der Waals surface area contributed by atoms with E-state index in [-0.39, 0.29) is 0 Å². The molecular formula is C10H19N4O4P. The molecule has 9 heteroatoms. The van der Waals surface area contributed by atoms with Gasteiger partial charge >= 0.3 is 0 Å². The molecule has 8 nitrogen and oxygen atoms in total. The summed E-state index contributed by atoms with van der Waals surface area (Å²) in [5.41, 5.74) is 0. The summed E-state index contributed by atoms with van der Waals surface area (Å²) in [7, 11) is 2.86. The monoisotopic (exact) mass is 290 g/mol. The van der Waals surface area contributed by atoms with Crippen LogP contribution < -0.4 is 18.9 Å². The topological polar surface area (TPSA) is 101 Å². The van der Waals surface area contributed by atoms with Crippen molar-refractivity contribution >= 4 is 7.82 Å². The van der Waals surface area contributed by atoms with Gasteiger partial charge in [0, 0.05) is 0 Å². The van der Waals surface area contributed by atoms with Crippen molar-refractivity contribution in [3.8, 4) is 0 Å². The second-order valence-corrected chi connectivity index (χ2v) is 4.89. The van der Waals surface area contributed by atoms with Gasteiger partial charge in [-0.2, -0.15) is 0 Å². The third-order valence-electron chi connectivity index (χ3n) is 1.80. The van der Waals surface area contributed by atoms with Gasteiger partial charge in [-0.1, -0.05) is 0 Å². The first-order chi connectivity index (χ1) is 8.58. The highest BCUT2D eigenvalue weighted by atomic mass is 31.2. The Kier molecular flexibility index (Phi) is 7.25. The second kappa shape index (κ2) is 7.85. The Morgan fingerprint density at radius 2 is 1.26 bits per heavy atom. The van der Waals surface area contributed by atoms with E-state index in [2.05, 4.69) is 0 Å². The van der Waals surface area contributed by atoms with Crippen molar-refractivity contribution in [2.24, 2.45) is 28.2 Å². The molecule has 0 fully saturated rings. The fourth-order valence-electron chi connectivity index (χ4n) is 1.15. The van der Waals surface area contributed by atoms with Crippen molar-refractivity contribution in [1.29, 1.82) is 0 Å². The molecule has 0 radical (unpaired) electrons. The SMILES string of the molecule is Cn1cc[n+](C)c1.Cn1cc[n+](C)c1.O=P([O-])([O-])O. The normalized spacial score (nSPS) is 10.1. The molecule has 2 aromatic rings. The highest BCUT2D eigenvalue weighted by molar-refractivity contribution is 7.42. The summed E-state index contributed by atoms with van der Waals surface area (Å²) in [4.78, 5) is 24.3. The summed E-state index contributed by atoms with van der Waals surface area (Å²) >= 11 is 0. The van der Waals surface area contributed by atoms with Gasteiger partial charge in [-0.25, -0.2) is 18.3 Å². The Bertz CT molecular complexity index is 452. The smallest absolute Gasteiger partial charge is 0.243 e. The number of phosphoric acid groups is 1. The average molecular weight is 290 g/mol. The standard InChI is InChI=1S/2C5H9N2.H3O4P/c2*1-6-3-4-7(2)5-6;1-5(2,3)4/h2*3-5H,1-2H3;(H3,1,2,3,4)/q2*+1;/p-2. The number of aryl methyl sites for hydroxylation is 4. The number of imidazole rings is 2. The molecule has 0 aliphatic carbocycles. The zero-order valence-corrected chi connectivity index (χ0v) is 12.3. The zero-order valence-electron chi connectivity index (χ0n) is 11.4. The average Bonchev–Trinajstić information content (AvgIpc) is 2.74. The molecule has 0 saturated carbocycles. The maximum Gasteiger partial charge on any atom is 0.243 e. The fourth-order valence-corrected chi connectivity index (χ4v) is 1.15. The molecule has 0 unspecified atom stereocenters. The van der Waals surface area contributed by atoms with E-state index in [4.69, 9.17) is 19.2 Å². The lowest BCUT2D eigenvalue weighted by atomic mass is 10.9. The van der Waals surface area contributed by atoms with Crippen LogP contribution in [0.2, 0.25) is 0 Å².